The first-order valence-corrected chi connectivity index (χ1v) is 8.73. The molecule has 0 atom stereocenters. The third-order valence-corrected chi connectivity index (χ3v) is 4.92. The van der Waals surface area contributed by atoms with Crippen molar-refractivity contribution in [2.45, 2.75) is 20.4 Å². The number of methoxy groups -OCH3 is 2. The van der Waals surface area contributed by atoms with Crippen LogP contribution in [0.15, 0.2) is 30.5 Å². The highest BCUT2D eigenvalue weighted by Crippen LogP contribution is 2.29. The molecule has 5 heteroatoms. The molecule has 2 aromatic rings. The van der Waals surface area contributed by atoms with E-state index in [1.165, 1.54) is 5.69 Å². The summed E-state index contributed by atoms with van der Waals surface area (Å²) in [4.78, 5) is 9.48. The fourth-order valence-electron chi connectivity index (χ4n) is 3.48. The number of benzene rings is 1. The Bertz CT molecular complexity index is 725. The lowest BCUT2D eigenvalue weighted by Gasteiger charge is -2.36. The number of nitrogens with zero attached hydrogens (tertiary/aromatic N) is 3. The molecule has 1 aliphatic heterocycles. The van der Waals surface area contributed by atoms with Crippen molar-refractivity contribution in [3.63, 3.8) is 0 Å². The van der Waals surface area contributed by atoms with Crippen LogP contribution in [0.5, 0.6) is 11.5 Å². The van der Waals surface area contributed by atoms with E-state index in [9.17, 15) is 0 Å². The monoisotopic (exact) mass is 341 g/mol. The third-order valence-electron chi connectivity index (χ3n) is 4.92. The zero-order valence-electron chi connectivity index (χ0n) is 15.6. The van der Waals surface area contributed by atoms with Gasteiger partial charge in [-0.2, -0.15) is 0 Å². The van der Waals surface area contributed by atoms with E-state index in [4.69, 9.17) is 9.47 Å². The largest absolute Gasteiger partial charge is 0.496 e. The molecular formula is C20H27N3O2. The number of para-hydroxylation sites is 2. The molecule has 0 saturated carbocycles. The molecular weight excluding hydrogens is 314 g/mol. The molecule has 5 nitrogen and oxygen atoms in total. The second kappa shape index (κ2) is 7.74. The van der Waals surface area contributed by atoms with E-state index in [2.05, 4.69) is 33.8 Å². The van der Waals surface area contributed by atoms with Crippen LogP contribution < -0.4 is 14.4 Å². The third kappa shape index (κ3) is 3.71. The molecule has 0 spiro atoms. The Kier molecular flexibility index (Phi) is 5.43. The van der Waals surface area contributed by atoms with Crippen molar-refractivity contribution in [3.05, 3.63) is 47.3 Å². The van der Waals surface area contributed by atoms with E-state index in [0.717, 1.165) is 61.0 Å². The zero-order chi connectivity index (χ0) is 17.8. The van der Waals surface area contributed by atoms with Gasteiger partial charge in [-0.25, -0.2) is 0 Å². The molecule has 134 valence electrons. The predicted molar refractivity (Wildman–Crippen MR) is 101 cm³/mol. The number of pyridine rings is 1. The summed E-state index contributed by atoms with van der Waals surface area (Å²) in [6.45, 7) is 8.99. The van der Waals surface area contributed by atoms with Gasteiger partial charge in [-0.05, 0) is 26.0 Å². The quantitative estimate of drug-likeness (QED) is 0.836. The van der Waals surface area contributed by atoms with Crippen LogP contribution in [0.2, 0.25) is 0 Å². The summed E-state index contributed by atoms with van der Waals surface area (Å²) in [5, 5.41) is 0. The fraction of sp³-hybridized carbons (Fsp3) is 0.450. The van der Waals surface area contributed by atoms with Gasteiger partial charge in [0.1, 0.15) is 11.5 Å². The van der Waals surface area contributed by atoms with Crippen LogP contribution in [0.25, 0.3) is 0 Å². The highest BCUT2D eigenvalue weighted by atomic mass is 16.5. The smallest absolute Gasteiger partial charge is 0.142 e. The minimum atomic E-state index is 0.863. The van der Waals surface area contributed by atoms with Crippen molar-refractivity contribution >= 4 is 5.69 Å². The first-order valence-electron chi connectivity index (χ1n) is 8.73. The van der Waals surface area contributed by atoms with E-state index in [0.29, 0.717) is 0 Å². The van der Waals surface area contributed by atoms with Crippen LogP contribution in [0.1, 0.15) is 16.8 Å². The molecule has 3 rings (SSSR count). The summed E-state index contributed by atoms with van der Waals surface area (Å²) in [6, 6.07) is 8.23. The molecule has 0 aliphatic carbocycles. The number of aryl methyl sites for hydroxylation is 1. The van der Waals surface area contributed by atoms with E-state index < -0.39 is 0 Å². The van der Waals surface area contributed by atoms with Crippen LogP contribution in [-0.2, 0) is 6.54 Å². The maximum atomic E-state index is 5.53. The van der Waals surface area contributed by atoms with Gasteiger partial charge in [0.2, 0.25) is 0 Å². The number of anilines is 1. The van der Waals surface area contributed by atoms with Crippen molar-refractivity contribution in [2.24, 2.45) is 0 Å². The highest BCUT2D eigenvalue weighted by Gasteiger charge is 2.21. The first kappa shape index (κ1) is 17.5. The molecule has 0 N–H and O–H groups in total. The summed E-state index contributed by atoms with van der Waals surface area (Å²) in [7, 11) is 3.46. The van der Waals surface area contributed by atoms with Gasteiger partial charge < -0.3 is 14.4 Å². The second-order valence-corrected chi connectivity index (χ2v) is 6.48. The second-order valence-electron chi connectivity index (χ2n) is 6.48. The number of hydrogen-bond donors (Lipinski definition) is 0. The van der Waals surface area contributed by atoms with Gasteiger partial charge in [-0.1, -0.05) is 12.1 Å². The lowest BCUT2D eigenvalue weighted by molar-refractivity contribution is 0.245. The van der Waals surface area contributed by atoms with E-state index >= 15 is 0 Å². The van der Waals surface area contributed by atoms with Gasteiger partial charge in [0.05, 0.1) is 25.6 Å². The van der Waals surface area contributed by atoms with Crippen molar-refractivity contribution in [1.82, 2.24) is 9.88 Å². The standard InChI is InChI=1S/C20H27N3O2/c1-15-13-21-17(16(2)20(15)25-4)14-22-9-11-23(12-10-22)18-7-5-6-8-19(18)24-3/h5-8,13H,9-12,14H2,1-4H3. The van der Waals surface area contributed by atoms with E-state index in [-0.39, 0.29) is 0 Å². The van der Waals surface area contributed by atoms with Crippen LogP contribution in [0.3, 0.4) is 0 Å². The molecule has 0 bridgehead atoms. The SMILES string of the molecule is COc1ccccc1N1CCN(Cc2ncc(C)c(OC)c2C)CC1. The van der Waals surface area contributed by atoms with Gasteiger partial charge in [-0.3, -0.25) is 9.88 Å². The Morgan fingerprint density at radius 1 is 1.00 bits per heavy atom. The van der Waals surface area contributed by atoms with Gasteiger partial charge in [0.25, 0.3) is 0 Å². The average Bonchev–Trinajstić information content (AvgIpc) is 2.65. The van der Waals surface area contributed by atoms with Crippen LogP contribution in [0, 0.1) is 13.8 Å². The summed E-state index contributed by atoms with van der Waals surface area (Å²) < 4.78 is 11.0. The van der Waals surface area contributed by atoms with E-state index in [1.807, 2.05) is 25.3 Å². The Morgan fingerprint density at radius 2 is 1.72 bits per heavy atom. The highest BCUT2D eigenvalue weighted by molar-refractivity contribution is 5.58. The maximum Gasteiger partial charge on any atom is 0.142 e. The molecule has 0 radical (unpaired) electrons. The number of hydrogen-bond acceptors (Lipinski definition) is 5. The number of ether oxygens (including phenoxy) is 2. The lowest BCUT2D eigenvalue weighted by atomic mass is 10.1. The molecule has 0 unspecified atom stereocenters. The minimum Gasteiger partial charge on any atom is -0.496 e. The summed E-state index contributed by atoms with van der Waals surface area (Å²) in [5.74, 6) is 1.90. The maximum absolute atomic E-state index is 5.53. The molecule has 1 aromatic carbocycles. The van der Waals surface area contributed by atoms with Crippen molar-refractivity contribution in [3.8, 4) is 11.5 Å². The lowest BCUT2D eigenvalue weighted by Crippen LogP contribution is -2.46. The average molecular weight is 341 g/mol. The van der Waals surface area contributed by atoms with Crippen molar-refractivity contribution < 1.29 is 9.47 Å². The van der Waals surface area contributed by atoms with Crippen molar-refractivity contribution in [2.75, 3.05) is 45.3 Å². The Labute approximate surface area is 150 Å². The molecule has 1 aromatic heterocycles. The minimum absolute atomic E-state index is 0.863. The molecule has 1 saturated heterocycles. The van der Waals surface area contributed by atoms with E-state index in [1.54, 1.807) is 14.2 Å². The van der Waals surface area contributed by atoms with Crippen LogP contribution in [-0.4, -0.2) is 50.3 Å². The van der Waals surface area contributed by atoms with Crippen LogP contribution >= 0.6 is 0 Å². The van der Waals surface area contributed by atoms with Gasteiger partial charge >= 0.3 is 0 Å². The summed E-state index contributed by atoms with van der Waals surface area (Å²) in [5.41, 5.74) is 4.52. The van der Waals surface area contributed by atoms with Crippen LogP contribution in [0.4, 0.5) is 5.69 Å². The number of piperazine rings is 1. The van der Waals surface area contributed by atoms with Gasteiger partial charge in [0, 0.05) is 50.0 Å². The van der Waals surface area contributed by atoms with Gasteiger partial charge in [-0.15, -0.1) is 0 Å². The molecule has 25 heavy (non-hydrogen) atoms. The Morgan fingerprint density at radius 3 is 2.40 bits per heavy atom. The molecule has 1 fully saturated rings. The van der Waals surface area contributed by atoms with Gasteiger partial charge in [0.15, 0.2) is 0 Å². The zero-order valence-corrected chi connectivity index (χ0v) is 15.6. The van der Waals surface area contributed by atoms with Crippen molar-refractivity contribution in [1.29, 1.82) is 0 Å². The number of aromatic nitrogens is 1. The Hall–Kier alpha value is -2.27. The summed E-state index contributed by atoms with van der Waals surface area (Å²) in [6.07, 6.45) is 1.91. The normalized spacial score (nSPS) is 15.3. The predicted octanol–water partition coefficient (Wildman–Crippen LogP) is 3.04. The molecule has 2 heterocycles. The Balaban J connectivity index is 1.65. The first-order chi connectivity index (χ1) is 12.1. The molecule has 1 aliphatic rings. The fourth-order valence-corrected chi connectivity index (χ4v) is 3.48. The topological polar surface area (TPSA) is 37.8 Å². The number of rotatable bonds is 5. The summed E-state index contributed by atoms with van der Waals surface area (Å²) >= 11 is 0. The molecule has 0 amide bonds.